The van der Waals surface area contributed by atoms with E-state index in [9.17, 15) is 9.59 Å². The van der Waals surface area contributed by atoms with Gasteiger partial charge in [0.15, 0.2) is 0 Å². The van der Waals surface area contributed by atoms with Gasteiger partial charge in [-0.05, 0) is 25.7 Å². The number of hydrogen-bond donors (Lipinski definition) is 1. The Bertz CT molecular complexity index is 550. The molecule has 1 aliphatic rings. The van der Waals surface area contributed by atoms with Crippen molar-refractivity contribution in [3.05, 3.63) is 22.6 Å². The highest BCUT2D eigenvalue weighted by Crippen LogP contribution is 2.21. The summed E-state index contributed by atoms with van der Waals surface area (Å²) in [6.45, 7) is 5.00. The fourth-order valence-corrected chi connectivity index (χ4v) is 2.53. The van der Waals surface area contributed by atoms with Crippen molar-refractivity contribution in [1.82, 2.24) is 15.1 Å². The molecule has 0 aromatic carbocycles. The lowest BCUT2D eigenvalue weighted by atomic mass is 9.96. The first kappa shape index (κ1) is 16.5. The van der Waals surface area contributed by atoms with Crippen molar-refractivity contribution >= 4 is 11.6 Å². The van der Waals surface area contributed by atoms with Crippen molar-refractivity contribution in [2.45, 2.75) is 19.8 Å². The van der Waals surface area contributed by atoms with Gasteiger partial charge in [0.2, 0.25) is 5.91 Å². The van der Waals surface area contributed by atoms with Crippen molar-refractivity contribution in [3.8, 4) is 0 Å². The third-order valence-corrected chi connectivity index (χ3v) is 3.96. The minimum absolute atomic E-state index is 0.0555. The molecule has 1 aromatic rings. The van der Waals surface area contributed by atoms with Crippen LogP contribution in [0.4, 0.5) is 5.69 Å². The summed E-state index contributed by atoms with van der Waals surface area (Å²) in [4.78, 5) is 25.3. The van der Waals surface area contributed by atoms with Gasteiger partial charge < -0.3 is 15.0 Å². The summed E-state index contributed by atoms with van der Waals surface area (Å²) in [5.74, 6) is 0.418. The molecular formula is C15H24N4O3. The van der Waals surface area contributed by atoms with Crippen molar-refractivity contribution in [2.24, 2.45) is 13.0 Å². The van der Waals surface area contributed by atoms with Gasteiger partial charge in [-0.15, -0.1) is 0 Å². The van der Waals surface area contributed by atoms with E-state index in [-0.39, 0.29) is 18.1 Å². The summed E-state index contributed by atoms with van der Waals surface area (Å²) in [7, 11) is 1.64. The number of aryl methyl sites for hydroxylation is 1. The van der Waals surface area contributed by atoms with Crippen molar-refractivity contribution in [1.29, 1.82) is 0 Å². The van der Waals surface area contributed by atoms with Crippen LogP contribution >= 0.6 is 0 Å². The smallest absolute Gasteiger partial charge is 0.268 e. The lowest BCUT2D eigenvalue weighted by molar-refractivity contribution is -0.125. The number of nitrogens with one attached hydrogen (secondary N) is 1. The molecule has 0 atom stereocenters. The maximum Gasteiger partial charge on any atom is 0.268 e. The topological polar surface area (TPSA) is 76.5 Å². The number of piperidine rings is 1. The first-order chi connectivity index (χ1) is 10.6. The minimum atomic E-state index is -0.0946. The molecule has 1 N–H and O–H groups in total. The molecule has 1 amide bonds. The summed E-state index contributed by atoms with van der Waals surface area (Å²) >= 11 is 0. The van der Waals surface area contributed by atoms with Gasteiger partial charge in [-0.25, -0.2) is 4.68 Å². The average molecular weight is 308 g/mol. The Morgan fingerprint density at radius 1 is 1.45 bits per heavy atom. The zero-order valence-corrected chi connectivity index (χ0v) is 13.2. The molecule has 0 saturated carbocycles. The highest BCUT2D eigenvalue weighted by Gasteiger charge is 2.20. The maximum absolute atomic E-state index is 11.6. The third-order valence-electron chi connectivity index (χ3n) is 3.96. The van der Waals surface area contributed by atoms with Gasteiger partial charge in [0.25, 0.3) is 5.56 Å². The van der Waals surface area contributed by atoms with Crippen LogP contribution in [0.2, 0.25) is 0 Å². The normalized spacial score (nSPS) is 15.8. The number of rotatable bonds is 6. The Balaban J connectivity index is 1.77. The molecule has 0 aliphatic carbocycles. The van der Waals surface area contributed by atoms with Crippen LogP contribution in [0.1, 0.15) is 19.8 Å². The number of aromatic nitrogens is 2. The zero-order valence-electron chi connectivity index (χ0n) is 13.2. The van der Waals surface area contributed by atoms with Crippen LogP contribution in [0, 0.1) is 5.92 Å². The Labute approximate surface area is 130 Å². The third kappa shape index (κ3) is 4.56. The fraction of sp³-hybridized carbons (Fsp3) is 0.667. The van der Waals surface area contributed by atoms with Gasteiger partial charge in [-0.3, -0.25) is 9.59 Å². The Morgan fingerprint density at radius 3 is 2.82 bits per heavy atom. The van der Waals surface area contributed by atoms with Crippen LogP contribution in [0.3, 0.4) is 0 Å². The Kier molecular flexibility index (Phi) is 5.94. The maximum atomic E-state index is 11.6. The quantitative estimate of drug-likeness (QED) is 0.809. The standard InChI is InChI=1S/C15H24N4O3/c1-3-22-11-14(20)16-9-12-4-6-19(7-5-12)13-8-15(21)18(2)17-10-13/h8,10,12H,3-7,9,11H2,1-2H3,(H,16,20). The Morgan fingerprint density at radius 2 is 2.18 bits per heavy atom. The summed E-state index contributed by atoms with van der Waals surface area (Å²) in [6.07, 6.45) is 3.71. The molecule has 1 saturated heterocycles. The largest absolute Gasteiger partial charge is 0.372 e. The van der Waals surface area contributed by atoms with Crippen LogP contribution in [0.5, 0.6) is 0 Å². The summed E-state index contributed by atoms with van der Waals surface area (Å²) in [5, 5.41) is 6.96. The number of hydrogen-bond acceptors (Lipinski definition) is 5. The Hall–Kier alpha value is -1.89. The first-order valence-electron chi connectivity index (χ1n) is 7.73. The van der Waals surface area contributed by atoms with Gasteiger partial charge in [-0.1, -0.05) is 0 Å². The molecule has 22 heavy (non-hydrogen) atoms. The zero-order chi connectivity index (χ0) is 15.9. The summed E-state index contributed by atoms with van der Waals surface area (Å²) in [5.41, 5.74) is 0.782. The highest BCUT2D eigenvalue weighted by atomic mass is 16.5. The first-order valence-corrected chi connectivity index (χ1v) is 7.73. The number of nitrogens with zero attached hydrogens (tertiary/aromatic N) is 3. The van der Waals surface area contributed by atoms with E-state index >= 15 is 0 Å². The van der Waals surface area contributed by atoms with Gasteiger partial charge in [0.1, 0.15) is 6.61 Å². The fourth-order valence-electron chi connectivity index (χ4n) is 2.53. The van der Waals surface area contributed by atoms with Crippen LogP contribution in [-0.2, 0) is 16.6 Å². The SMILES string of the molecule is CCOCC(=O)NCC1CCN(c2cnn(C)c(=O)c2)CC1. The van der Waals surface area contributed by atoms with E-state index < -0.39 is 0 Å². The van der Waals surface area contributed by atoms with Crippen molar-refractivity contribution in [3.63, 3.8) is 0 Å². The molecule has 0 bridgehead atoms. The van der Waals surface area contributed by atoms with Crippen LogP contribution < -0.4 is 15.8 Å². The van der Waals surface area contributed by atoms with E-state index in [0.29, 0.717) is 19.1 Å². The van der Waals surface area contributed by atoms with Crippen LogP contribution in [0.15, 0.2) is 17.1 Å². The molecule has 122 valence electrons. The average Bonchev–Trinajstić information content (AvgIpc) is 2.54. The van der Waals surface area contributed by atoms with Crippen molar-refractivity contribution < 1.29 is 9.53 Å². The minimum Gasteiger partial charge on any atom is -0.372 e. The number of ether oxygens (including phenoxy) is 1. The molecule has 2 heterocycles. The van der Waals surface area contributed by atoms with Crippen LogP contribution in [-0.4, -0.2) is 48.5 Å². The van der Waals surface area contributed by atoms with Gasteiger partial charge in [0, 0.05) is 39.4 Å². The monoisotopic (exact) mass is 308 g/mol. The number of carbonyl (C=O) groups is 1. The molecule has 1 aliphatic heterocycles. The van der Waals surface area contributed by atoms with E-state index in [2.05, 4.69) is 15.3 Å². The highest BCUT2D eigenvalue weighted by molar-refractivity contribution is 5.77. The summed E-state index contributed by atoms with van der Waals surface area (Å²) < 4.78 is 6.40. The molecule has 7 heteroatoms. The predicted molar refractivity (Wildman–Crippen MR) is 83.9 cm³/mol. The lowest BCUT2D eigenvalue weighted by Crippen LogP contribution is -2.40. The molecule has 1 fully saturated rings. The summed E-state index contributed by atoms with van der Waals surface area (Å²) in [6, 6.07) is 1.62. The molecule has 0 unspecified atom stereocenters. The molecule has 7 nitrogen and oxygen atoms in total. The number of anilines is 1. The predicted octanol–water partition coefficient (Wildman–Crippen LogP) is 0.149. The van der Waals surface area contributed by atoms with E-state index in [1.165, 1.54) is 4.68 Å². The van der Waals surface area contributed by atoms with E-state index in [1.807, 2.05) is 6.92 Å². The molecule has 1 aromatic heterocycles. The number of carbonyl (C=O) groups excluding carboxylic acids is 1. The molecule has 2 rings (SSSR count). The molecular weight excluding hydrogens is 284 g/mol. The second-order valence-electron chi connectivity index (χ2n) is 5.55. The molecule has 0 radical (unpaired) electrons. The van der Waals surface area contributed by atoms with Gasteiger partial charge >= 0.3 is 0 Å². The second-order valence-corrected chi connectivity index (χ2v) is 5.55. The second kappa shape index (κ2) is 7.93. The molecule has 0 spiro atoms. The van der Waals surface area contributed by atoms with Gasteiger partial charge in [-0.2, -0.15) is 5.10 Å². The van der Waals surface area contributed by atoms with Crippen LogP contribution in [0.25, 0.3) is 0 Å². The lowest BCUT2D eigenvalue weighted by Gasteiger charge is -2.33. The van der Waals surface area contributed by atoms with E-state index in [0.717, 1.165) is 31.6 Å². The van der Waals surface area contributed by atoms with Crippen molar-refractivity contribution in [2.75, 3.05) is 37.7 Å². The number of amides is 1. The van der Waals surface area contributed by atoms with E-state index in [1.54, 1.807) is 19.3 Å². The van der Waals surface area contributed by atoms with Gasteiger partial charge in [0.05, 0.1) is 11.9 Å². The van der Waals surface area contributed by atoms with E-state index in [4.69, 9.17) is 4.74 Å².